The van der Waals surface area contributed by atoms with Gasteiger partial charge < -0.3 is 19.0 Å². The Hall–Kier alpha value is -2.96. The number of carboxylic acid groups (broad SMARTS) is 1. The zero-order valence-electron chi connectivity index (χ0n) is 23.1. The molecule has 0 bridgehead atoms. The number of aliphatic carboxylic acids is 1. The lowest BCUT2D eigenvalue weighted by Crippen LogP contribution is -2.42. The number of hydrogen-bond donors (Lipinski definition) is 1. The van der Waals surface area contributed by atoms with Gasteiger partial charge in [-0.3, -0.25) is 0 Å². The molecule has 1 saturated carbocycles. The van der Waals surface area contributed by atoms with E-state index in [9.17, 15) is 9.90 Å². The molecule has 1 aromatic heterocycles. The second kappa shape index (κ2) is 12.7. The molecule has 0 radical (unpaired) electrons. The average Bonchev–Trinajstić information content (AvgIpc) is 3.35. The number of carbonyl (C=O) groups is 1. The fourth-order valence-electron chi connectivity index (χ4n) is 5.12. The van der Waals surface area contributed by atoms with E-state index in [0.29, 0.717) is 31.4 Å². The zero-order valence-corrected chi connectivity index (χ0v) is 23.1. The molecule has 2 aromatic carbocycles. The number of ether oxygens (including phenoxy) is 2. The van der Waals surface area contributed by atoms with Crippen molar-refractivity contribution in [3.05, 3.63) is 77.2 Å². The van der Waals surface area contributed by atoms with E-state index in [4.69, 9.17) is 18.9 Å². The van der Waals surface area contributed by atoms with Crippen molar-refractivity contribution < 1.29 is 23.8 Å². The molecule has 0 aliphatic heterocycles. The highest BCUT2D eigenvalue weighted by molar-refractivity contribution is 5.77. The van der Waals surface area contributed by atoms with E-state index in [0.717, 1.165) is 54.7 Å². The van der Waals surface area contributed by atoms with Gasteiger partial charge >= 0.3 is 5.97 Å². The van der Waals surface area contributed by atoms with Gasteiger partial charge in [-0.1, -0.05) is 69.7 Å². The number of carboxylic acids is 1. The van der Waals surface area contributed by atoms with Gasteiger partial charge in [0.25, 0.3) is 0 Å². The van der Waals surface area contributed by atoms with Crippen molar-refractivity contribution in [2.75, 3.05) is 6.61 Å². The first-order valence-corrected chi connectivity index (χ1v) is 13.9. The molecule has 1 heterocycles. The Morgan fingerprint density at radius 3 is 2.53 bits per heavy atom. The van der Waals surface area contributed by atoms with Gasteiger partial charge in [-0.05, 0) is 61.3 Å². The van der Waals surface area contributed by atoms with Crippen molar-refractivity contribution >= 4 is 5.97 Å². The number of aryl methyl sites for hydroxylation is 1. The van der Waals surface area contributed by atoms with Crippen LogP contribution in [0.25, 0.3) is 11.5 Å². The van der Waals surface area contributed by atoms with E-state index in [2.05, 4.69) is 45.0 Å². The lowest BCUT2D eigenvalue weighted by atomic mass is 9.87. The Balaban J connectivity index is 1.33. The predicted molar refractivity (Wildman–Crippen MR) is 148 cm³/mol. The maximum absolute atomic E-state index is 12.1. The number of benzene rings is 2. The molecule has 4 rings (SSSR count). The van der Waals surface area contributed by atoms with Crippen LogP contribution in [0.15, 0.2) is 59.0 Å². The van der Waals surface area contributed by atoms with Crippen LogP contribution in [0, 0.1) is 5.92 Å². The number of nitrogens with zero attached hydrogens (tertiary/aromatic N) is 1. The number of hydrogen-bond acceptors (Lipinski definition) is 5. The fraction of sp³-hybridized carbons (Fsp3) is 0.500. The minimum absolute atomic E-state index is 0.0951. The van der Waals surface area contributed by atoms with Crippen LogP contribution in [-0.4, -0.2) is 34.4 Å². The molecule has 3 unspecified atom stereocenters. The Kier molecular flexibility index (Phi) is 9.40. The van der Waals surface area contributed by atoms with Crippen LogP contribution in [0.1, 0.15) is 81.9 Å². The predicted octanol–water partition coefficient (Wildman–Crippen LogP) is 7.21. The van der Waals surface area contributed by atoms with E-state index in [1.807, 2.05) is 30.3 Å². The van der Waals surface area contributed by atoms with Crippen molar-refractivity contribution in [1.29, 1.82) is 0 Å². The smallest absolute Gasteiger partial charge is 0.336 e. The second-order valence-electron chi connectivity index (χ2n) is 11.0. The normalized spacial score (nSPS) is 19.4. The quantitative estimate of drug-likeness (QED) is 0.272. The molecular formula is C32H41NO5. The monoisotopic (exact) mass is 519 g/mol. The maximum atomic E-state index is 12.1. The summed E-state index contributed by atoms with van der Waals surface area (Å²) in [6, 6.07) is 18.1. The highest BCUT2D eigenvalue weighted by Gasteiger charge is 2.36. The first kappa shape index (κ1) is 28.1. The topological polar surface area (TPSA) is 81.8 Å². The highest BCUT2D eigenvalue weighted by Crippen LogP contribution is 2.31. The first-order valence-electron chi connectivity index (χ1n) is 13.9. The molecular weight excluding hydrogens is 478 g/mol. The molecule has 0 amide bonds. The molecule has 3 atom stereocenters. The van der Waals surface area contributed by atoms with Crippen LogP contribution in [0.3, 0.4) is 0 Å². The van der Waals surface area contributed by atoms with Gasteiger partial charge in [-0.25, -0.2) is 9.78 Å². The van der Waals surface area contributed by atoms with Gasteiger partial charge in [0.15, 0.2) is 5.60 Å². The maximum Gasteiger partial charge on any atom is 0.336 e. The van der Waals surface area contributed by atoms with Gasteiger partial charge in [0.1, 0.15) is 11.5 Å². The van der Waals surface area contributed by atoms with Gasteiger partial charge in [0.2, 0.25) is 5.89 Å². The van der Waals surface area contributed by atoms with Gasteiger partial charge in [0.05, 0.1) is 19.3 Å². The third kappa shape index (κ3) is 7.12. The van der Waals surface area contributed by atoms with Crippen molar-refractivity contribution in [3.8, 4) is 11.5 Å². The molecule has 1 N–H and O–H groups in total. The molecule has 6 nitrogen and oxygen atoms in total. The van der Waals surface area contributed by atoms with Crippen LogP contribution >= 0.6 is 0 Å². The van der Waals surface area contributed by atoms with Crippen molar-refractivity contribution in [3.63, 3.8) is 0 Å². The van der Waals surface area contributed by atoms with Crippen molar-refractivity contribution in [2.45, 2.75) is 90.4 Å². The molecule has 0 spiro atoms. The van der Waals surface area contributed by atoms with Crippen LogP contribution < -0.4 is 0 Å². The van der Waals surface area contributed by atoms with Crippen LogP contribution in [-0.2, 0) is 33.7 Å². The SMILES string of the molecule is CCc1oc(-c2ccc(C(C)C)cc2)nc1COC1CCCC(COC(C)(Cc2ccccc2)C(=O)O)C1. The molecule has 1 aliphatic carbocycles. The Bertz CT molecular complexity index is 1170. The van der Waals surface area contributed by atoms with Crippen LogP contribution in [0.2, 0.25) is 0 Å². The van der Waals surface area contributed by atoms with Crippen LogP contribution in [0.4, 0.5) is 0 Å². The van der Waals surface area contributed by atoms with E-state index < -0.39 is 11.6 Å². The van der Waals surface area contributed by atoms with Gasteiger partial charge in [-0.2, -0.15) is 0 Å². The lowest BCUT2D eigenvalue weighted by Gasteiger charge is -2.32. The standard InChI is InChI=1S/C32H41NO5/c1-5-29-28(33-30(38-29)26-16-14-25(15-17-26)22(2)3)21-36-27-13-9-12-24(18-27)20-37-32(4,31(34)35)19-23-10-7-6-8-11-23/h6-8,10-11,14-17,22,24,27H,5,9,12-13,18-21H2,1-4H3,(H,34,35). The molecule has 38 heavy (non-hydrogen) atoms. The van der Waals surface area contributed by atoms with Crippen LogP contribution in [0.5, 0.6) is 0 Å². The third-order valence-corrected chi connectivity index (χ3v) is 7.59. The number of rotatable bonds is 12. The third-order valence-electron chi connectivity index (χ3n) is 7.59. The van der Waals surface area contributed by atoms with Gasteiger partial charge in [-0.15, -0.1) is 0 Å². The van der Waals surface area contributed by atoms with Gasteiger partial charge in [0, 0.05) is 18.4 Å². The highest BCUT2D eigenvalue weighted by atomic mass is 16.5. The Labute approximate surface area is 226 Å². The van der Waals surface area contributed by atoms with E-state index >= 15 is 0 Å². The summed E-state index contributed by atoms with van der Waals surface area (Å²) in [6.45, 7) is 8.93. The molecule has 1 aliphatic rings. The summed E-state index contributed by atoms with van der Waals surface area (Å²) >= 11 is 0. The Morgan fingerprint density at radius 2 is 1.87 bits per heavy atom. The van der Waals surface area contributed by atoms with Crippen molar-refractivity contribution in [2.24, 2.45) is 5.92 Å². The summed E-state index contributed by atoms with van der Waals surface area (Å²) in [6.07, 6.45) is 5.08. The minimum atomic E-state index is -1.25. The first-order chi connectivity index (χ1) is 18.3. The summed E-state index contributed by atoms with van der Waals surface area (Å²) < 4.78 is 18.5. The van der Waals surface area contributed by atoms with E-state index in [1.165, 1.54) is 5.56 Å². The summed E-state index contributed by atoms with van der Waals surface area (Å²) in [5.74, 6) is 1.31. The summed E-state index contributed by atoms with van der Waals surface area (Å²) in [4.78, 5) is 16.8. The average molecular weight is 520 g/mol. The molecule has 6 heteroatoms. The number of oxazole rings is 1. The largest absolute Gasteiger partial charge is 0.479 e. The summed E-state index contributed by atoms with van der Waals surface area (Å²) in [5, 5.41) is 9.89. The molecule has 1 fully saturated rings. The minimum Gasteiger partial charge on any atom is -0.479 e. The lowest BCUT2D eigenvalue weighted by molar-refractivity contribution is -0.166. The van der Waals surface area contributed by atoms with Crippen molar-refractivity contribution in [1.82, 2.24) is 4.98 Å². The van der Waals surface area contributed by atoms with E-state index in [1.54, 1.807) is 6.92 Å². The molecule has 3 aromatic rings. The molecule has 0 saturated heterocycles. The fourth-order valence-corrected chi connectivity index (χ4v) is 5.12. The second-order valence-corrected chi connectivity index (χ2v) is 11.0. The Morgan fingerprint density at radius 1 is 1.13 bits per heavy atom. The number of aromatic nitrogens is 1. The van der Waals surface area contributed by atoms with E-state index in [-0.39, 0.29) is 12.0 Å². The zero-order chi connectivity index (χ0) is 27.1. The summed E-state index contributed by atoms with van der Waals surface area (Å²) in [5.41, 5.74) is 2.82. The summed E-state index contributed by atoms with van der Waals surface area (Å²) in [7, 11) is 0. The molecule has 204 valence electrons.